The maximum atomic E-state index is 13.4. The number of hydrogen-bond donors (Lipinski definition) is 1. The lowest BCUT2D eigenvalue weighted by molar-refractivity contribution is 0.0399. The van der Waals surface area contributed by atoms with Crippen molar-refractivity contribution < 1.29 is 9.53 Å². The number of unbranched alkanes of at least 4 members (excludes halogenated alkanes) is 3. The first-order valence-corrected chi connectivity index (χ1v) is 11.0. The number of nitrogens with one attached hydrogen (secondary N) is 1. The fourth-order valence-electron chi connectivity index (χ4n) is 4.08. The molecule has 0 aliphatic carbocycles. The van der Waals surface area contributed by atoms with Crippen LogP contribution in [0, 0.1) is 0 Å². The van der Waals surface area contributed by atoms with E-state index in [1.54, 1.807) is 0 Å². The van der Waals surface area contributed by atoms with Crippen LogP contribution >= 0.6 is 0 Å². The highest BCUT2D eigenvalue weighted by Crippen LogP contribution is 2.40. The predicted molar refractivity (Wildman–Crippen MR) is 119 cm³/mol. The van der Waals surface area contributed by atoms with Crippen molar-refractivity contribution in [3.8, 4) is 5.75 Å². The van der Waals surface area contributed by atoms with Gasteiger partial charge in [-0.3, -0.25) is 4.79 Å². The van der Waals surface area contributed by atoms with E-state index in [0.29, 0.717) is 0 Å². The highest BCUT2D eigenvalue weighted by atomic mass is 16.5. The van der Waals surface area contributed by atoms with Gasteiger partial charge in [0.2, 0.25) is 0 Å². The van der Waals surface area contributed by atoms with Crippen molar-refractivity contribution in [3.05, 3.63) is 59.7 Å². The van der Waals surface area contributed by atoms with Gasteiger partial charge in [-0.25, -0.2) is 0 Å². The maximum Gasteiger partial charge on any atom is 0.258 e. The lowest BCUT2D eigenvalue weighted by Crippen LogP contribution is -2.58. The lowest BCUT2D eigenvalue weighted by atomic mass is 9.91. The van der Waals surface area contributed by atoms with Crippen molar-refractivity contribution >= 4 is 11.6 Å². The zero-order valence-electron chi connectivity index (χ0n) is 18.2. The molecule has 0 spiro atoms. The third kappa shape index (κ3) is 4.42. The van der Waals surface area contributed by atoms with Crippen LogP contribution in [0.5, 0.6) is 5.75 Å². The van der Waals surface area contributed by atoms with Gasteiger partial charge >= 0.3 is 0 Å². The minimum Gasteiger partial charge on any atom is -0.494 e. The fraction of sp³-hybridized carbons (Fsp3) is 0.480. The summed E-state index contributed by atoms with van der Waals surface area (Å²) in [6.07, 6.45) is 5.62. The second-order valence-corrected chi connectivity index (χ2v) is 8.11. The monoisotopic (exact) mass is 394 g/mol. The van der Waals surface area contributed by atoms with Gasteiger partial charge in [-0.2, -0.15) is 0 Å². The maximum absolute atomic E-state index is 13.4. The number of nitrogens with zero attached hydrogens (tertiary/aromatic N) is 1. The van der Waals surface area contributed by atoms with Gasteiger partial charge in [0, 0.05) is 17.3 Å². The predicted octanol–water partition coefficient (Wildman–Crippen LogP) is 6.18. The molecule has 0 bridgehead atoms. The highest BCUT2D eigenvalue weighted by Gasteiger charge is 2.44. The van der Waals surface area contributed by atoms with Crippen LogP contribution in [-0.4, -0.2) is 23.5 Å². The van der Waals surface area contributed by atoms with E-state index in [4.69, 9.17) is 4.74 Å². The van der Waals surface area contributed by atoms with Crippen LogP contribution in [0.1, 0.15) is 75.7 Å². The molecule has 3 rings (SSSR count). The molecule has 0 aromatic heterocycles. The molecule has 1 heterocycles. The number of rotatable bonds is 9. The Morgan fingerprint density at radius 3 is 2.62 bits per heavy atom. The van der Waals surface area contributed by atoms with Gasteiger partial charge < -0.3 is 15.0 Å². The van der Waals surface area contributed by atoms with Gasteiger partial charge in [-0.1, -0.05) is 57.4 Å². The lowest BCUT2D eigenvalue weighted by Gasteiger charge is -2.49. The molecular weight excluding hydrogens is 360 g/mol. The average molecular weight is 395 g/mol. The molecule has 2 aromatic carbocycles. The van der Waals surface area contributed by atoms with E-state index in [9.17, 15) is 4.79 Å². The quantitative estimate of drug-likeness (QED) is 0.516. The van der Waals surface area contributed by atoms with Crippen LogP contribution in [0.25, 0.3) is 0 Å². The molecule has 2 unspecified atom stereocenters. The number of amides is 1. The van der Waals surface area contributed by atoms with Crippen molar-refractivity contribution in [2.24, 2.45) is 0 Å². The Morgan fingerprint density at radius 1 is 1.07 bits per heavy atom. The Bertz CT molecular complexity index is 835. The van der Waals surface area contributed by atoms with Crippen LogP contribution in [-0.2, 0) is 5.66 Å². The van der Waals surface area contributed by atoms with Crippen LogP contribution < -0.4 is 10.1 Å². The van der Waals surface area contributed by atoms with Gasteiger partial charge in [0.1, 0.15) is 11.4 Å². The van der Waals surface area contributed by atoms with Crippen LogP contribution in [0.3, 0.4) is 0 Å². The number of benzene rings is 2. The zero-order chi connectivity index (χ0) is 20.9. The van der Waals surface area contributed by atoms with Gasteiger partial charge in [0.05, 0.1) is 12.2 Å². The fourth-order valence-corrected chi connectivity index (χ4v) is 4.08. The zero-order valence-corrected chi connectivity index (χ0v) is 18.2. The first-order chi connectivity index (χ1) is 14.0. The molecule has 4 nitrogen and oxygen atoms in total. The van der Waals surface area contributed by atoms with E-state index in [-0.39, 0.29) is 11.9 Å². The van der Waals surface area contributed by atoms with Gasteiger partial charge in [0.15, 0.2) is 0 Å². The van der Waals surface area contributed by atoms with E-state index < -0.39 is 5.66 Å². The molecule has 1 aliphatic heterocycles. The number of hydrogen-bond acceptors (Lipinski definition) is 3. The number of carbonyl (C=O) groups is 1. The largest absolute Gasteiger partial charge is 0.494 e. The molecule has 0 saturated carbocycles. The number of ether oxygens (including phenoxy) is 1. The average Bonchev–Trinajstić information content (AvgIpc) is 2.73. The van der Waals surface area contributed by atoms with E-state index in [1.807, 2.05) is 41.3 Å². The molecule has 0 fully saturated rings. The molecule has 2 atom stereocenters. The smallest absolute Gasteiger partial charge is 0.258 e. The van der Waals surface area contributed by atoms with E-state index in [2.05, 4.69) is 45.1 Å². The summed E-state index contributed by atoms with van der Waals surface area (Å²) >= 11 is 0. The molecule has 1 amide bonds. The molecule has 29 heavy (non-hydrogen) atoms. The Hall–Kier alpha value is -2.49. The highest BCUT2D eigenvalue weighted by molar-refractivity contribution is 6.02. The third-order valence-electron chi connectivity index (χ3n) is 5.93. The second-order valence-electron chi connectivity index (χ2n) is 8.11. The standard InChI is InChI=1S/C25H34N2O2/c1-5-7-8-11-17-29-21-14-12-13-20(18-21)25(4)26-23-16-10-9-15-22(23)24(28)27(25)19(3)6-2/h9-10,12-16,18-19,26H,5-8,11,17H2,1-4H3. The molecule has 4 heteroatoms. The Balaban J connectivity index is 1.90. The SMILES string of the molecule is CCCCCCOc1cccc(C2(C)Nc3ccccc3C(=O)N2C(C)CC)c1. The number of para-hydroxylation sites is 1. The van der Waals surface area contributed by atoms with Crippen LogP contribution in [0.15, 0.2) is 48.5 Å². The van der Waals surface area contributed by atoms with Crippen molar-refractivity contribution in [1.29, 1.82) is 0 Å². The minimum absolute atomic E-state index is 0.0714. The molecule has 2 aromatic rings. The Labute approximate surface area is 175 Å². The number of carbonyl (C=O) groups excluding carboxylic acids is 1. The summed E-state index contributed by atoms with van der Waals surface area (Å²) in [6, 6.07) is 16.0. The van der Waals surface area contributed by atoms with Crippen molar-refractivity contribution in [2.45, 2.75) is 71.5 Å². The summed E-state index contributed by atoms with van der Waals surface area (Å²) in [6.45, 7) is 9.26. The summed E-state index contributed by atoms with van der Waals surface area (Å²) in [7, 11) is 0. The topological polar surface area (TPSA) is 41.6 Å². The van der Waals surface area contributed by atoms with Gasteiger partial charge in [-0.05, 0) is 51.0 Å². The van der Waals surface area contributed by atoms with Crippen LogP contribution in [0.4, 0.5) is 5.69 Å². The summed E-state index contributed by atoms with van der Waals surface area (Å²) < 4.78 is 6.02. The van der Waals surface area contributed by atoms with Crippen LogP contribution in [0.2, 0.25) is 0 Å². The summed E-state index contributed by atoms with van der Waals surface area (Å²) in [4.78, 5) is 15.4. The second kappa shape index (κ2) is 9.34. The minimum atomic E-state index is -0.636. The molecule has 0 saturated heterocycles. The summed E-state index contributed by atoms with van der Waals surface area (Å²) in [5.41, 5.74) is 2.01. The van der Waals surface area contributed by atoms with E-state index in [1.165, 1.54) is 19.3 Å². The van der Waals surface area contributed by atoms with Crippen molar-refractivity contribution in [1.82, 2.24) is 4.90 Å². The molecule has 0 radical (unpaired) electrons. The van der Waals surface area contributed by atoms with E-state index in [0.717, 1.165) is 42.0 Å². The Morgan fingerprint density at radius 2 is 1.86 bits per heavy atom. The first kappa shape index (κ1) is 21.2. The van der Waals surface area contributed by atoms with E-state index >= 15 is 0 Å². The first-order valence-electron chi connectivity index (χ1n) is 11.0. The number of fused-ring (bicyclic) bond motifs is 1. The number of anilines is 1. The summed E-state index contributed by atoms with van der Waals surface area (Å²) in [5.74, 6) is 0.930. The normalized spacial score (nSPS) is 19.4. The molecule has 1 N–H and O–H groups in total. The van der Waals surface area contributed by atoms with Crippen molar-refractivity contribution in [2.75, 3.05) is 11.9 Å². The third-order valence-corrected chi connectivity index (χ3v) is 5.93. The Kier molecular flexibility index (Phi) is 6.83. The molecule has 156 valence electrons. The molecular formula is C25H34N2O2. The van der Waals surface area contributed by atoms with Crippen molar-refractivity contribution in [3.63, 3.8) is 0 Å². The molecule has 1 aliphatic rings. The summed E-state index contributed by atoms with van der Waals surface area (Å²) in [5, 5.41) is 3.65. The van der Waals surface area contributed by atoms with Gasteiger partial charge in [0.25, 0.3) is 5.91 Å². The van der Waals surface area contributed by atoms with Gasteiger partial charge in [-0.15, -0.1) is 0 Å².